The fourth-order valence-corrected chi connectivity index (χ4v) is 5.30. The standard InChI is InChI=1S/C16H19NO4S/c1-17-13-10-6-5-9-12(13)14(18)15(16(17)19)22(20,21)11-7-3-2-4-8-11/h5-6,9-11,18H,2-4,7-8H2,1H3. The number of aromatic nitrogens is 1. The third kappa shape index (κ3) is 2.22. The molecule has 1 N–H and O–H groups in total. The normalized spacial score (nSPS) is 17.0. The molecule has 118 valence electrons. The molecule has 22 heavy (non-hydrogen) atoms. The van der Waals surface area contributed by atoms with E-state index in [0.717, 1.165) is 19.3 Å². The summed E-state index contributed by atoms with van der Waals surface area (Å²) in [4.78, 5) is 12.1. The van der Waals surface area contributed by atoms with Crippen molar-refractivity contribution in [2.45, 2.75) is 42.2 Å². The van der Waals surface area contributed by atoms with E-state index in [1.54, 1.807) is 24.3 Å². The van der Waals surface area contributed by atoms with Crippen molar-refractivity contribution in [3.63, 3.8) is 0 Å². The van der Waals surface area contributed by atoms with Crippen LogP contribution in [0.15, 0.2) is 34.0 Å². The average Bonchev–Trinajstić information content (AvgIpc) is 2.53. The third-order valence-corrected chi connectivity index (χ3v) is 6.80. The van der Waals surface area contributed by atoms with Crippen LogP contribution in [0, 0.1) is 0 Å². The Morgan fingerprint density at radius 1 is 1.14 bits per heavy atom. The molecule has 0 aliphatic heterocycles. The number of para-hydroxylation sites is 1. The Morgan fingerprint density at radius 2 is 1.77 bits per heavy atom. The number of rotatable bonds is 2. The summed E-state index contributed by atoms with van der Waals surface area (Å²) >= 11 is 0. The van der Waals surface area contributed by atoms with Gasteiger partial charge in [0, 0.05) is 12.4 Å². The molecule has 0 amide bonds. The van der Waals surface area contributed by atoms with Gasteiger partial charge in [0.1, 0.15) is 5.75 Å². The molecule has 3 rings (SSSR count). The molecule has 1 fully saturated rings. The van der Waals surface area contributed by atoms with E-state index in [2.05, 4.69) is 0 Å². The van der Waals surface area contributed by atoms with E-state index >= 15 is 0 Å². The minimum absolute atomic E-state index is 0.388. The maximum Gasteiger partial charge on any atom is 0.273 e. The summed E-state index contributed by atoms with van der Waals surface area (Å²) < 4.78 is 27.0. The molecular weight excluding hydrogens is 302 g/mol. The van der Waals surface area contributed by atoms with Gasteiger partial charge in [-0.3, -0.25) is 4.79 Å². The predicted octanol–water partition coefficient (Wildman–Crippen LogP) is 2.35. The van der Waals surface area contributed by atoms with Crippen LogP contribution in [0.3, 0.4) is 0 Å². The van der Waals surface area contributed by atoms with Gasteiger partial charge in [0.05, 0.1) is 10.8 Å². The number of pyridine rings is 1. The first kappa shape index (κ1) is 15.1. The van der Waals surface area contributed by atoms with Crippen LogP contribution in [0.25, 0.3) is 10.9 Å². The summed E-state index contributed by atoms with van der Waals surface area (Å²) in [5.41, 5.74) is -0.130. The number of fused-ring (bicyclic) bond motifs is 1. The molecule has 2 aromatic rings. The van der Waals surface area contributed by atoms with Gasteiger partial charge in [0.2, 0.25) is 0 Å². The highest BCUT2D eigenvalue weighted by Crippen LogP contribution is 2.34. The van der Waals surface area contributed by atoms with Crippen molar-refractivity contribution in [1.29, 1.82) is 0 Å². The SMILES string of the molecule is Cn1c(=O)c(S(=O)(=O)C2CCCCC2)c(O)c2ccccc21. The first-order valence-electron chi connectivity index (χ1n) is 7.49. The molecule has 1 aromatic heterocycles. The zero-order valence-electron chi connectivity index (χ0n) is 12.4. The number of sulfone groups is 1. The van der Waals surface area contributed by atoms with Crippen molar-refractivity contribution in [3.05, 3.63) is 34.6 Å². The molecule has 1 heterocycles. The van der Waals surface area contributed by atoms with Crippen LogP contribution in [0.2, 0.25) is 0 Å². The van der Waals surface area contributed by atoms with Crippen molar-refractivity contribution in [1.82, 2.24) is 4.57 Å². The molecule has 0 unspecified atom stereocenters. The highest BCUT2D eigenvalue weighted by molar-refractivity contribution is 7.92. The molecule has 5 nitrogen and oxygen atoms in total. The lowest BCUT2D eigenvalue weighted by atomic mass is 10.0. The number of aryl methyl sites for hydroxylation is 1. The first-order chi connectivity index (χ1) is 10.4. The summed E-state index contributed by atoms with van der Waals surface area (Å²) in [7, 11) is -2.29. The van der Waals surface area contributed by atoms with E-state index in [1.807, 2.05) is 0 Å². The number of aromatic hydroxyl groups is 1. The average molecular weight is 321 g/mol. The Hall–Kier alpha value is -1.82. The Morgan fingerprint density at radius 3 is 2.45 bits per heavy atom. The smallest absolute Gasteiger partial charge is 0.273 e. The molecule has 0 spiro atoms. The van der Waals surface area contributed by atoms with Gasteiger partial charge in [-0.1, -0.05) is 31.4 Å². The largest absolute Gasteiger partial charge is 0.506 e. The van der Waals surface area contributed by atoms with Gasteiger partial charge in [-0.05, 0) is 25.0 Å². The predicted molar refractivity (Wildman–Crippen MR) is 84.9 cm³/mol. The van der Waals surface area contributed by atoms with Crippen LogP contribution >= 0.6 is 0 Å². The van der Waals surface area contributed by atoms with E-state index in [1.165, 1.54) is 11.6 Å². The van der Waals surface area contributed by atoms with Gasteiger partial charge < -0.3 is 9.67 Å². The zero-order chi connectivity index (χ0) is 15.9. The highest BCUT2D eigenvalue weighted by atomic mass is 32.2. The molecule has 0 saturated heterocycles. The van der Waals surface area contributed by atoms with E-state index in [0.29, 0.717) is 23.7 Å². The summed E-state index contributed by atoms with van der Waals surface area (Å²) in [6.45, 7) is 0. The van der Waals surface area contributed by atoms with Crippen LogP contribution in [-0.4, -0.2) is 23.3 Å². The van der Waals surface area contributed by atoms with Crippen molar-refractivity contribution >= 4 is 20.7 Å². The fourth-order valence-electron chi connectivity index (χ4n) is 3.25. The Labute approximate surface area is 129 Å². The van der Waals surface area contributed by atoms with E-state index in [9.17, 15) is 18.3 Å². The van der Waals surface area contributed by atoms with Crippen LogP contribution in [-0.2, 0) is 16.9 Å². The minimum Gasteiger partial charge on any atom is -0.506 e. The fraction of sp³-hybridized carbons (Fsp3) is 0.438. The van der Waals surface area contributed by atoms with Crippen LogP contribution in [0.4, 0.5) is 0 Å². The lowest BCUT2D eigenvalue weighted by Crippen LogP contribution is -2.31. The first-order valence-corrected chi connectivity index (χ1v) is 9.04. The molecule has 6 heteroatoms. The lowest BCUT2D eigenvalue weighted by molar-refractivity contribution is 0.452. The van der Waals surface area contributed by atoms with Gasteiger partial charge >= 0.3 is 0 Å². The number of nitrogens with zero attached hydrogens (tertiary/aromatic N) is 1. The Bertz CT molecular complexity index is 877. The minimum atomic E-state index is -3.82. The second kappa shape index (κ2) is 5.43. The van der Waals surface area contributed by atoms with E-state index < -0.39 is 31.3 Å². The van der Waals surface area contributed by atoms with Crippen LogP contribution in [0.5, 0.6) is 5.75 Å². The summed E-state index contributed by atoms with van der Waals surface area (Å²) in [5.74, 6) is -0.413. The lowest BCUT2D eigenvalue weighted by Gasteiger charge is -2.22. The van der Waals surface area contributed by atoms with Crippen molar-refractivity contribution in [2.75, 3.05) is 0 Å². The summed E-state index contributed by atoms with van der Waals surface area (Å²) in [6.07, 6.45) is 3.82. The number of hydrogen-bond donors (Lipinski definition) is 1. The summed E-state index contributed by atoms with van der Waals surface area (Å²) in [6, 6.07) is 6.78. The van der Waals surface area contributed by atoms with Crippen LogP contribution < -0.4 is 5.56 Å². The van der Waals surface area contributed by atoms with Gasteiger partial charge in [0.15, 0.2) is 14.7 Å². The van der Waals surface area contributed by atoms with Gasteiger partial charge in [-0.15, -0.1) is 0 Å². The van der Waals surface area contributed by atoms with E-state index in [-0.39, 0.29) is 0 Å². The molecule has 0 bridgehead atoms. The maximum atomic E-state index is 12.9. The molecule has 0 atom stereocenters. The van der Waals surface area contributed by atoms with Crippen molar-refractivity contribution in [2.24, 2.45) is 7.05 Å². The van der Waals surface area contributed by atoms with Gasteiger partial charge in [0.25, 0.3) is 5.56 Å². The zero-order valence-corrected chi connectivity index (χ0v) is 13.3. The van der Waals surface area contributed by atoms with Crippen LogP contribution in [0.1, 0.15) is 32.1 Å². The molecule has 1 aromatic carbocycles. The second-order valence-corrected chi connectivity index (χ2v) is 8.03. The van der Waals surface area contributed by atoms with Crippen molar-refractivity contribution in [3.8, 4) is 5.75 Å². The Kier molecular flexibility index (Phi) is 3.72. The van der Waals surface area contributed by atoms with Crippen molar-refractivity contribution < 1.29 is 13.5 Å². The number of hydrogen-bond acceptors (Lipinski definition) is 4. The molecular formula is C16H19NO4S. The Balaban J connectivity index is 2.29. The monoisotopic (exact) mass is 321 g/mol. The highest BCUT2D eigenvalue weighted by Gasteiger charge is 2.34. The van der Waals surface area contributed by atoms with Gasteiger partial charge in [-0.25, -0.2) is 8.42 Å². The quantitative estimate of drug-likeness (QED) is 0.921. The maximum absolute atomic E-state index is 12.9. The molecule has 1 aliphatic rings. The second-order valence-electron chi connectivity index (χ2n) is 5.86. The molecule has 1 saturated carbocycles. The molecule has 0 radical (unpaired) electrons. The topological polar surface area (TPSA) is 76.4 Å². The van der Waals surface area contributed by atoms with E-state index in [4.69, 9.17) is 0 Å². The summed E-state index contributed by atoms with van der Waals surface area (Å²) in [5, 5.41) is 10.2. The number of benzene rings is 1. The van der Waals surface area contributed by atoms with Gasteiger partial charge in [-0.2, -0.15) is 0 Å². The molecule has 1 aliphatic carbocycles. The third-order valence-electron chi connectivity index (χ3n) is 4.51.